The van der Waals surface area contributed by atoms with Gasteiger partial charge in [-0.3, -0.25) is 9.59 Å². The summed E-state index contributed by atoms with van der Waals surface area (Å²) in [5.41, 5.74) is 1.56. The van der Waals surface area contributed by atoms with Crippen LogP contribution in [0.5, 0.6) is 0 Å². The lowest BCUT2D eigenvalue weighted by molar-refractivity contribution is 0.0939. The van der Waals surface area contributed by atoms with Crippen LogP contribution in [0.1, 0.15) is 20.7 Å². The minimum absolute atomic E-state index is 0.278. The Morgan fingerprint density at radius 2 is 1.86 bits per heavy atom. The predicted molar refractivity (Wildman–Crippen MR) is 54.0 cm³/mol. The Kier molecular flexibility index (Phi) is 1.77. The Hall–Kier alpha value is -1.84. The highest BCUT2D eigenvalue weighted by atomic mass is 16.3. The molecule has 1 aliphatic carbocycles. The zero-order valence-corrected chi connectivity index (χ0v) is 7.57. The number of hydrogen-bond donors (Lipinski definition) is 1. The molecule has 0 amide bonds. The van der Waals surface area contributed by atoms with Crippen molar-refractivity contribution in [2.45, 2.75) is 0 Å². The van der Waals surface area contributed by atoms with Crippen molar-refractivity contribution in [1.29, 1.82) is 0 Å². The molecule has 0 saturated heterocycles. The smallest absolute Gasteiger partial charge is 0.228 e. The molecular formula is C10H7BO3. The summed E-state index contributed by atoms with van der Waals surface area (Å²) in [6, 6.07) is 4.95. The first-order valence-electron chi connectivity index (χ1n) is 4.20. The zero-order valence-electron chi connectivity index (χ0n) is 7.57. The van der Waals surface area contributed by atoms with Crippen LogP contribution in [0.3, 0.4) is 0 Å². The van der Waals surface area contributed by atoms with Gasteiger partial charge >= 0.3 is 0 Å². The van der Waals surface area contributed by atoms with E-state index in [0.717, 1.165) is 11.5 Å². The van der Waals surface area contributed by atoms with Crippen molar-refractivity contribution in [3.05, 3.63) is 41.2 Å². The average molecular weight is 186 g/mol. The molecule has 4 heteroatoms. The monoisotopic (exact) mass is 186 g/mol. The van der Waals surface area contributed by atoms with E-state index in [1.165, 1.54) is 0 Å². The fraction of sp³-hybridized carbons (Fsp3) is 0. The number of fused-ring (bicyclic) bond motifs is 1. The molecule has 1 aromatic carbocycles. The largest absolute Gasteiger partial charge is 0.504 e. The number of carbonyl (C=O) groups excluding carboxylic acids is 2. The highest BCUT2D eigenvalue weighted by molar-refractivity contribution is 6.34. The minimum atomic E-state index is -0.486. The maximum Gasteiger partial charge on any atom is 0.228 e. The van der Waals surface area contributed by atoms with Gasteiger partial charge in [0, 0.05) is 17.2 Å². The van der Waals surface area contributed by atoms with Gasteiger partial charge in [-0.05, 0) is 0 Å². The van der Waals surface area contributed by atoms with Gasteiger partial charge in [0.25, 0.3) is 0 Å². The van der Waals surface area contributed by atoms with E-state index in [4.69, 9.17) is 5.11 Å². The minimum Gasteiger partial charge on any atom is -0.504 e. The molecule has 0 radical (unpaired) electrons. The maximum atomic E-state index is 11.4. The summed E-state index contributed by atoms with van der Waals surface area (Å²) >= 11 is 0. The maximum absolute atomic E-state index is 11.4. The van der Waals surface area contributed by atoms with Crippen LogP contribution in [0, 0.1) is 0 Å². The van der Waals surface area contributed by atoms with Gasteiger partial charge in [0.05, 0.1) is 0 Å². The summed E-state index contributed by atoms with van der Waals surface area (Å²) in [7, 11) is 1.84. The SMILES string of the molecule is Bc1ccc2c(c1)C(=O)C=C(O)C2=O. The van der Waals surface area contributed by atoms with Gasteiger partial charge in [0.2, 0.25) is 5.78 Å². The number of rotatable bonds is 0. The van der Waals surface area contributed by atoms with Crippen molar-refractivity contribution < 1.29 is 14.7 Å². The molecule has 2 rings (SSSR count). The van der Waals surface area contributed by atoms with E-state index < -0.39 is 11.5 Å². The van der Waals surface area contributed by atoms with Crippen molar-refractivity contribution in [1.82, 2.24) is 0 Å². The Labute approximate surface area is 81.5 Å². The molecule has 0 unspecified atom stereocenters. The van der Waals surface area contributed by atoms with E-state index in [-0.39, 0.29) is 11.3 Å². The van der Waals surface area contributed by atoms with Gasteiger partial charge in [-0.1, -0.05) is 23.7 Å². The topological polar surface area (TPSA) is 54.4 Å². The molecule has 1 aromatic rings. The number of Topliss-reactive ketones (excluding diaryl/α,β-unsaturated/α-hetero) is 1. The van der Waals surface area contributed by atoms with Crippen molar-refractivity contribution in [2.75, 3.05) is 0 Å². The van der Waals surface area contributed by atoms with Crippen LogP contribution in [0.25, 0.3) is 0 Å². The fourth-order valence-corrected chi connectivity index (χ4v) is 1.47. The number of benzene rings is 1. The molecule has 0 bridgehead atoms. The van der Waals surface area contributed by atoms with Crippen molar-refractivity contribution in [2.24, 2.45) is 0 Å². The summed E-state index contributed by atoms with van der Waals surface area (Å²) in [6.45, 7) is 0. The van der Waals surface area contributed by atoms with E-state index in [1.54, 1.807) is 18.2 Å². The summed E-state index contributed by atoms with van der Waals surface area (Å²) in [4.78, 5) is 22.8. The standard InChI is InChI=1S/C10H7BO3/c11-5-1-2-6-7(3-5)8(12)4-9(13)10(6)14/h1-4,13H,11H2. The number of aliphatic hydroxyl groups excluding tert-OH is 1. The molecular weight excluding hydrogens is 179 g/mol. The molecule has 14 heavy (non-hydrogen) atoms. The fourth-order valence-electron chi connectivity index (χ4n) is 1.47. The summed E-state index contributed by atoms with van der Waals surface area (Å²) in [6.07, 6.45) is 0.962. The van der Waals surface area contributed by atoms with Crippen LogP contribution in [-0.4, -0.2) is 24.5 Å². The Balaban J connectivity index is 2.69. The lowest BCUT2D eigenvalue weighted by atomic mass is 9.86. The van der Waals surface area contributed by atoms with Gasteiger partial charge in [-0.25, -0.2) is 0 Å². The molecule has 1 N–H and O–H groups in total. The first-order valence-corrected chi connectivity index (χ1v) is 4.20. The molecule has 0 aromatic heterocycles. The van der Waals surface area contributed by atoms with E-state index in [9.17, 15) is 9.59 Å². The third-order valence-electron chi connectivity index (χ3n) is 2.19. The molecule has 0 atom stereocenters. The van der Waals surface area contributed by atoms with Gasteiger partial charge < -0.3 is 5.11 Å². The number of aliphatic hydroxyl groups is 1. The first kappa shape index (κ1) is 8.75. The third kappa shape index (κ3) is 1.16. The lowest BCUT2D eigenvalue weighted by Gasteiger charge is -2.11. The van der Waals surface area contributed by atoms with E-state index in [1.807, 2.05) is 7.85 Å². The summed E-state index contributed by atoms with van der Waals surface area (Å²) < 4.78 is 0. The Morgan fingerprint density at radius 1 is 1.14 bits per heavy atom. The van der Waals surface area contributed by atoms with Crippen molar-refractivity contribution in [3.63, 3.8) is 0 Å². The van der Waals surface area contributed by atoms with Crippen LogP contribution in [0.2, 0.25) is 0 Å². The van der Waals surface area contributed by atoms with E-state index in [2.05, 4.69) is 0 Å². The number of carbonyl (C=O) groups is 2. The van der Waals surface area contributed by atoms with Gasteiger partial charge in [0.15, 0.2) is 11.5 Å². The second kappa shape index (κ2) is 2.84. The molecule has 0 spiro atoms. The van der Waals surface area contributed by atoms with E-state index in [0.29, 0.717) is 5.56 Å². The van der Waals surface area contributed by atoms with E-state index >= 15 is 0 Å². The molecule has 0 aliphatic heterocycles. The first-order chi connectivity index (χ1) is 6.59. The lowest BCUT2D eigenvalue weighted by Crippen LogP contribution is -2.19. The van der Waals surface area contributed by atoms with Gasteiger partial charge in [0.1, 0.15) is 7.85 Å². The number of ketones is 2. The highest BCUT2D eigenvalue weighted by Crippen LogP contribution is 2.18. The van der Waals surface area contributed by atoms with Crippen LogP contribution in [0.15, 0.2) is 30.0 Å². The summed E-state index contributed by atoms with van der Waals surface area (Å²) in [5.74, 6) is -1.29. The van der Waals surface area contributed by atoms with Crippen molar-refractivity contribution in [3.8, 4) is 0 Å². The second-order valence-corrected chi connectivity index (χ2v) is 3.27. The van der Waals surface area contributed by atoms with Crippen LogP contribution < -0.4 is 5.46 Å². The van der Waals surface area contributed by atoms with Crippen molar-refractivity contribution >= 4 is 24.9 Å². The molecule has 68 valence electrons. The Bertz CT molecular complexity index is 474. The van der Waals surface area contributed by atoms with Crippen LogP contribution >= 0.6 is 0 Å². The molecule has 1 aliphatic rings. The van der Waals surface area contributed by atoms with Crippen LogP contribution in [0.4, 0.5) is 0 Å². The van der Waals surface area contributed by atoms with Gasteiger partial charge in [-0.15, -0.1) is 0 Å². The third-order valence-corrected chi connectivity index (χ3v) is 2.19. The normalized spacial score (nSPS) is 15.0. The second-order valence-electron chi connectivity index (χ2n) is 3.27. The van der Waals surface area contributed by atoms with Gasteiger partial charge in [-0.2, -0.15) is 0 Å². The molecule has 0 saturated carbocycles. The number of hydrogen-bond acceptors (Lipinski definition) is 3. The molecule has 0 heterocycles. The molecule has 0 fully saturated rings. The van der Waals surface area contributed by atoms with Crippen LogP contribution in [-0.2, 0) is 0 Å². The molecule has 3 nitrogen and oxygen atoms in total. The number of allylic oxidation sites excluding steroid dienone is 2. The zero-order chi connectivity index (χ0) is 10.3. The predicted octanol–water partition coefficient (Wildman–Crippen LogP) is -0.234. The average Bonchev–Trinajstić information content (AvgIpc) is 2.14. The highest BCUT2D eigenvalue weighted by Gasteiger charge is 2.24. The Morgan fingerprint density at radius 3 is 2.57 bits per heavy atom. The summed E-state index contributed by atoms with van der Waals surface area (Å²) in [5, 5.41) is 9.15. The quantitative estimate of drug-likeness (QED) is 0.569.